The molecule has 0 saturated carbocycles. The van der Waals surface area contributed by atoms with Gasteiger partial charge in [-0.2, -0.15) is 0 Å². The predicted molar refractivity (Wildman–Crippen MR) is 68.0 cm³/mol. The van der Waals surface area contributed by atoms with Gasteiger partial charge in [0.2, 0.25) is 11.8 Å². The first kappa shape index (κ1) is 12.8. The fraction of sp³-hybridized carbons (Fsp3) is 0.714. The van der Waals surface area contributed by atoms with Crippen LogP contribution in [0.3, 0.4) is 0 Å². The van der Waals surface area contributed by atoms with Gasteiger partial charge in [-0.3, -0.25) is 9.59 Å². The first-order valence-corrected chi connectivity index (χ1v) is 7.18. The van der Waals surface area contributed by atoms with E-state index in [-0.39, 0.29) is 29.8 Å². The first-order valence-electron chi connectivity index (χ1n) is 7.18. The predicted octanol–water partition coefficient (Wildman–Crippen LogP) is -1.07. The van der Waals surface area contributed by atoms with Crippen LogP contribution in [-0.4, -0.2) is 47.7 Å². The quantitative estimate of drug-likeness (QED) is 0.494. The Labute approximate surface area is 112 Å². The van der Waals surface area contributed by atoms with E-state index in [1.807, 2.05) is 12.2 Å². The summed E-state index contributed by atoms with van der Waals surface area (Å²) < 4.78 is 0. The molecule has 0 aromatic carbocycles. The second-order valence-corrected chi connectivity index (χ2v) is 5.90. The number of nitrogens with one attached hydrogen (secondary N) is 1. The largest absolute Gasteiger partial charge is 0.393 e. The number of amides is 2. The minimum Gasteiger partial charge on any atom is -0.393 e. The van der Waals surface area contributed by atoms with Gasteiger partial charge in [0.1, 0.15) is 0 Å². The molecule has 2 aliphatic heterocycles. The van der Waals surface area contributed by atoms with E-state index < -0.39 is 0 Å². The van der Waals surface area contributed by atoms with Crippen molar-refractivity contribution in [3.05, 3.63) is 12.2 Å². The number of allylic oxidation sites excluding steroid dienone is 2. The van der Waals surface area contributed by atoms with Crippen LogP contribution in [0.15, 0.2) is 12.2 Å². The molecule has 104 valence electrons. The van der Waals surface area contributed by atoms with Crippen LogP contribution in [0.25, 0.3) is 0 Å². The smallest absolute Gasteiger partial charge is 0.237 e. The monoisotopic (exact) mass is 265 g/mol. The number of quaternary nitrogens is 1. The molecule has 0 bridgehead atoms. The van der Waals surface area contributed by atoms with E-state index >= 15 is 0 Å². The van der Waals surface area contributed by atoms with Crippen molar-refractivity contribution in [1.82, 2.24) is 4.90 Å². The SMILES string of the molecule is O=C1[C@H]2CC=CC[C@H]2C(=O)N1C[NH+]1CCC(O)CC1. The van der Waals surface area contributed by atoms with Crippen LogP contribution in [-0.2, 0) is 9.59 Å². The second kappa shape index (κ2) is 5.06. The van der Waals surface area contributed by atoms with Crippen LogP contribution in [0.4, 0.5) is 0 Å². The fourth-order valence-corrected chi connectivity index (χ4v) is 3.42. The van der Waals surface area contributed by atoms with Crippen molar-refractivity contribution < 1.29 is 19.6 Å². The third-order valence-electron chi connectivity index (χ3n) is 4.64. The molecule has 0 aromatic rings. The number of aliphatic hydroxyl groups is 1. The van der Waals surface area contributed by atoms with E-state index in [0.717, 1.165) is 25.9 Å². The summed E-state index contributed by atoms with van der Waals surface area (Å²) in [5.74, 6) is -0.212. The lowest BCUT2D eigenvalue weighted by Gasteiger charge is -2.29. The molecule has 19 heavy (non-hydrogen) atoms. The number of aliphatic hydroxyl groups excluding tert-OH is 1. The van der Waals surface area contributed by atoms with E-state index in [0.29, 0.717) is 19.5 Å². The van der Waals surface area contributed by atoms with Crippen LogP contribution in [0.5, 0.6) is 0 Å². The molecule has 2 atom stereocenters. The summed E-state index contributed by atoms with van der Waals surface area (Å²) in [7, 11) is 0. The molecule has 5 heteroatoms. The third-order valence-corrected chi connectivity index (χ3v) is 4.64. The van der Waals surface area contributed by atoms with Gasteiger partial charge in [0.15, 0.2) is 6.67 Å². The molecular formula is C14H21N2O3+. The van der Waals surface area contributed by atoms with Crippen molar-refractivity contribution in [3.63, 3.8) is 0 Å². The highest BCUT2D eigenvalue weighted by molar-refractivity contribution is 6.05. The Hall–Kier alpha value is -1.20. The minimum atomic E-state index is -0.208. The Kier molecular flexibility index (Phi) is 3.41. The standard InChI is InChI=1S/C14H20N2O3/c17-10-5-7-15(8-6-10)9-16-13(18)11-3-1-2-4-12(11)14(16)19/h1-2,10-12,17H,3-9H2/p+1/t11-,12+. The van der Waals surface area contributed by atoms with Gasteiger partial charge < -0.3 is 10.0 Å². The highest BCUT2D eigenvalue weighted by atomic mass is 16.3. The summed E-state index contributed by atoms with van der Waals surface area (Å²) in [6, 6.07) is 0. The normalized spacial score (nSPS) is 38.7. The molecule has 5 nitrogen and oxygen atoms in total. The van der Waals surface area contributed by atoms with Gasteiger partial charge in [-0.05, 0) is 12.8 Å². The number of fused-ring (bicyclic) bond motifs is 1. The minimum absolute atomic E-state index is 0.0120. The molecule has 2 saturated heterocycles. The van der Waals surface area contributed by atoms with Crippen molar-refractivity contribution in [2.75, 3.05) is 19.8 Å². The van der Waals surface area contributed by atoms with Crippen molar-refractivity contribution in [2.24, 2.45) is 11.8 Å². The maximum atomic E-state index is 12.3. The topological polar surface area (TPSA) is 62.0 Å². The maximum Gasteiger partial charge on any atom is 0.237 e. The van der Waals surface area contributed by atoms with Gasteiger partial charge in [-0.15, -0.1) is 0 Å². The van der Waals surface area contributed by atoms with E-state index in [1.165, 1.54) is 9.80 Å². The van der Waals surface area contributed by atoms with Gasteiger partial charge in [-0.1, -0.05) is 12.2 Å². The molecule has 0 radical (unpaired) electrons. The third kappa shape index (κ3) is 2.32. The van der Waals surface area contributed by atoms with E-state index in [9.17, 15) is 14.7 Å². The number of nitrogens with zero attached hydrogens (tertiary/aromatic N) is 1. The number of hydrogen-bond acceptors (Lipinski definition) is 3. The summed E-state index contributed by atoms with van der Waals surface area (Å²) in [6.45, 7) is 2.16. The molecule has 2 fully saturated rings. The average molecular weight is 265 g/mol. The summed E-state index contributed by atoms with van der Waals surface area (Å²) in [4.78, 5) is 27.3. The molecule has 3 aliphatic rings. The molecule has 2 N–H and O–H groups in total. The Balaban J connectivity index is 1.65. The van der Waals surface area contributed by atoms with E-state index in [1.54, 1.807) is 0 Å². The van der Waals surface area contributed by atoms with Gasteiger partial charge in [0.25, 0.3) is 0 Å². The Bertz CT molecular complexity index is 387. The number of hydrogen-bond donors (Lipinski definition) is 2. The molecule has 2 amide bonds. The summed E-state index contributed by atoms with van der Waals surface area (Å²) >= 11 is 0. The van der Waals surface area contributed by atoms with Gasteiger partial charge in [0.05, 0.1) is 31.0 Å². The van der Waals surface area contributed by atoms with Crippen molar-refractivity contribution in [3.8, 4) is 0 Å². The number of carbonyl (C=O) groups is 2. The van der Waals surface area contributed by atoms with E-state index in [2.05, 4.69) is 0 Å². The van der Waals surface area contributed by atoms with Crippen LogP contribution < -0.4 is 4.90 Å². The number of carbonyl (C=O) groups excluding carboxylic acids is 2. The lowest BCUT2D eigenvalue weighted by atomic mass is 9.85. The molecule has 2 heterocycles. The van der Waals surface area contributed by atoms with Gasteiger partial charge in [0, 0.05) is 12.8 Å². The Morgan fingerprint density at radius 3 is 2.16 bits per heavy atom. The number of rotatable bonds is 2. The number of piperidine rings is 1. The zero-order valence-electron chi connectivity index (χ0n) is 11.0. The Morgan fingerprint density at radius 2 is 1.63 bits per heavy atom. The molecule has 1 aliphatic carbocycles. The number of likely N-dealkylation sites (tertiary alicyclic amines) is 2. The molecule has 0 unspecified atom stereocenters. The second-order valence-electron chi connectivity index (χ2n) is 5.90. The summed E-state index contributed by atoms with van der Waals surface area (Å²) in [5, 5.41) is 9.49. The zero-order chi connectivity index (χ0) is 13.4. The van der Waals surface area contributed by atoms with Crippen molar-refractivity contribution in [1.29, 1.82) is 0 Å². The van der Waals surface area contributed by atoms with Gasteiger partial charge >= 0.3 is 0 Å². The van der Waals surface area contributed by atoms with Crippen LogP contribution >= 0.6 is 0 Å². The van der Waals surface area contributed by atoms with Crippen LogP contribution in [0.2, 0.25) is 0 Å². The zero-order valence-corrected chi connectivity index (χ0v) is 11.0. The molecule has 0 aromatic heterocycles. The average Bonchev–Trinajstić information content (AvgIpc) is 2.67. The van der Waals surface area contributed by atoms with Crippen LogP contribution in [0, 0.1) is 11.8 Å². The molecule has 3 rings (SSSR count). The van der Waals surface area contributed by atoms with Gasteiger partial charge in [-0.25, -0.2) is 4.90 Å². The molecular weight excluding hydrogens is 244 g/mol. The highest BCUT2D eigenvalue weighted by Gasteiger charge is 2.48. The molecule has 0 spiro atoms. The fourth-order valence-electron chi connectivity index (χ4n) is 3.42. The first-order chi connectivity index (χ1) is 9.16. The number of imide groups is 1. The van der Waals surface area contributed by atoms with Crippen molar-refractivity contribution >= 4 is 11.8 Å². The Morgan fingerprint density at radius 1 is 1.11 bits per heavy atom. The lowest BCUT2D eigenvalue weighted by molar-refractivity contribution is -0.913. The maximum absolute atomic E-state index is 12.3. The lowest BCUT2D eigenvalue weighted by Crippen LogP contribution is -3.14. The van der Waals surface area contributed by atoms with Crippen LogP contribution in [0.1, 0.15) is 25.7 Å². The summed E-state index contributed by atoms with van der Waals surface area (Å²) in [5.41, 5.74) is 0. The highest BCUT2D eigenvalue weighted by Crippen LogP contribution is 2.34. The van der Waals surface area contributed by atoms with E-state index in [4.69, 9.17) is 0 Å². The van der Waals surface area contributed by atoms with Crippen molar-refractivity contribution in [2.45, 2.75) is 31.8 Å². The summed E-state index contributed by atoms with van der Waals surface area (Å²) in [6.07, 6.45) is 6.76.